The van der Waals surface area contributed by atoms with E-state index < -0.39 is 0 Å². The van der Waals surface area contributed by atoms with Gasteiger partial charge >= 0.3 is 0 Å². The van der Waals surface area contributed by atoms with Gasteiger partial charge in [-0.1, -0.05) is 13.8 Å². The molecule has 1 aliphatic rings. The molecule has 1 aromatic rings. The van der Waals surface area contributed by atoms with Crippen LogP contribution >= 0.6 is 0 Å². The molecule has 1 saturated carbocycles. The third kappa shape index (κ3) is 1.85. The lowest BCUT2D eigenvalue weighted by atomic mass is 9.99. The molecule has 2 rings (SSSR count). The fourth-order valence-electron chi connectivity index (χ4n) is 2.30. The summed E-state index contributed by atoms with van der Waals surface area (Å²) in [5.41, 5.74) is 1.84. The molecule has 1 N–H and O–H groups in total. The van der Waals surface area contributed by atoms with E-state index in [1.165, 1.54) is 12.0 Å². The van der Waals surface area contributed by atoms with E-state index in [4.69, 9.17) is 4.42 Å². The predicted molar refractivity (Wildman–Crippen MR) is 57.1 cm³/mol. The largest absolute Gasteiger partial charge is 0.472 e. The van der Waals surface area contributed by atoms with E-state index >= 15 is 0 Å². The summed E-state index contributed by atoms with van der Waals surface area (Å²) in [6.45, 7) is 4.69. The molecule has 2 nitrogen and oxygen atoms in total. The Morgan fingerprint density at radius 3 is 2.79 bits per heavy atom. The van der Waals surface area contributed by atoms with Crippen molar-refractivity contribution >= 4 is 0 Å². The van der Waals surface area contributed by atoms with Crippen LogP contribution in [-0.2, 0) is 6.42 Å². The summed E-state index contributed by atoms with van der Waals surface area (Å²) in [5, 5.41) is 3.42. The van der Waals surface area contributed by atoms with Gasteiger partial charge in [-0.15, -0.1) is 0 Å². The van der Waals surface area contributed by atoms with Crippen molar-refractivity contribution in [2.45, 2.75) is 32.7 Å². The maximum atomic E-state index is 5.08. The van der Waals surface area contributed by atoms with Gasteiger partial charge in [0.2, 0.25) is 0 Å². The number of hydrogen-bond donors (Lipinski definition) is 1. The molecule has 1 aromatic heterocycles. The zero-order valence-corrected chi connectivity index (χ0v) is 9.21. The smallest absolute Gasteiger partial charge is 0.0935 e. The number of likely N-dealkylation sites (N-methyl/N-ethyl adjacent to an activating group) is 1. The maximum Gasteiger partial charge on any atom is 0.0935 e. The van der Waals surface area contributed by atoms with Crippen LogP contribution in [-0.4, -0.2) is 13.1 Å². The first-order valence-corrected chi connectivity index (χ1v) is 5.32. The highest BCUT2D eigenvalue weighted by Crippen LogP contribution is 2.53. The summed E-state index contributed by atoms with van der Waals surface area (Å²) >= 11 is 0. The first kappa shape index (κ1) is 9.78. The van der Waals surface area contributed by atoms with E-state index in [1.54, 1.807) is 6.26 Å². The molecule has 0 aliphatic heterocycles. The third-order valence-corrected chi connectivity index (χ3v) is 3.48. The highest BCUT2D eigenvalue weighted by molar-refractivity contribution is 5.11. The van der Waals surface area contributed by atoms with Crippen LogP contribution in [0.1, 0.15) is 25.8 Å². The molecular weight excluding hydrogens is 174 g/mol. The van der Waals surface area contributed by atoms with Gasteiger partial charge in [-0.05, 0) is 42.9 Å². The molecular formula is C12H19NO. The lowest BCUT2D eigenvalue weighted by Crippen LogP contribution is -2.31. The Morgan fingerprint density at radius 2 is 2.36 bits per heavy atom. The Hall–Kier alpha value is -0.760. The summed E-state index contributed by atoms with van der Waals surface area (Å²) in [4.78, 5) is 0. The van der Waals surface area contributed by atoms with Crippen molar-refractivity contribution in [2.24, 2.45) is 11.3 Å². The Balaban J connectivity index is 1.95. The standard InChI is InChI=1S/C12H19NO/c1-12(2)7-10(12)11(13-3)6-9-4-5-14-8-9/h4-5,8,10-11,13H,6-7H2,1-3H3. The summed E-state index contributed by atoms with van der Waals surface area (Å²) in [5.74, 6) is 0.822. The number of furan rings is 1. The van der Waals surface area contributed by atoms with E-state index in [-0.39, 0.29) is 0 Å². The van der Waals surface area contributed by atoms with Crippen molar-refractivity contribution in [3.8, 4) is 0 Å². The lowest BCUT2D eigenvalue weighted by Gasteiger charge is -2.16. The van der Waals surface area contributed by atoms with Crippen molar-refractivity contribution in [1.29, 1.82) is 0 Å². The molecule has 0 bridgehead atoms. The van der Waals surface area contributed by atoms with Crippen molar-refractivity contribution < 1.29 is 4.42 Å². The van der Waals surface area contributed by atoms with Crippen molar-refractivity contribution in [3.63, 3.8) is 0 Å². The van der Waals surface area contributed by atoms with E-state index in [0.29, 0.717) is 11.5 Å². The number of rotatable bonds is 4. The molecule has 2 atom stereocenters. The van der Waals surface area contributed by atoms with Crippen molar-refractivity contribution in [3.05, 3.63) is 24.2 Å². The number of nitrogens with one attached hydrogen (secondary N) is 1. The average Bonchev–Trinajstić information content (AvgIpc) is 2.62. The van der Waals surface area contributed by atoms with Crippen LogP contribution in [0.5, 0.6) is 0 Å². The minimum absolute atomic E-state index is 0.539. The predicted octanol–water partition coefficient (Wildman–Crippen LogP) is 2.46. The highest BCUT2D eigenvalue weighted by atomic mass is 16.3. The van der Waals surface area contributed by atoms with Gasteiger partial charge in [0.1, 0.15) is 0 Å². The zero-order chi connectivity index (χ0) is 10.2. The van der Waals surface area contributed by atoms with Crippen LogP contribution in [0.2, 0.25) is 0 Å². The quantitative estimate of drug-likeness (QED) is 0.794. The summed E-state index contributed by atoms with van der Waals surface area (Å²) in [6.07, 6.45) is 6.03. The first-order chi connectivity index (χ1) is 6.63. The lowest BCUT2D eigenvalue weighted by molar-refractivity contribution is 0.424. The SMILES string of the molecule is CNC(Cc1ccoc1)C1CC1(C)C. The Morgan fingerprint density at radius 1 is 1.64 bits per heavy atom. The highest BCUT2D eigenvalue weighted by Gasteiger charge is 2.49. The topological polar surface area (TPSA) is 25.2 Å². The van der Waals surface area contributed by atoms with Crippen LogP contribution < -0.4 is 5.32 Å². The molecule has 2 heteroatoms. The monoisotopic (exact) mass is 193 g/mol. The maximum absolute atomic E-state index is 5.08. The van der Waals surface area contributed by atoms with E-state index in [0.717, 1.165) is 12.3 Å². The Labute approximate surface area is 85.7 Å². The normalized spacial score (nSPS) is 26.1. The summed E-state index contributed by atoms with van der Waals surface area (Å²) in [7, 11) is 2.05. The van der Waals surface area contributed by atoms with Crippen LogP contribution in [0.25, 0.3) is 0 Å². The van der Waals surface area contributed by atoms with E-state index in [2.05, 4.69) is 32.3 Å². The molecule has 0 amide bonds. The summed E-state index contributed by atoms with van der Waals surface area (Å²) in [6, 6.07) is 2.65. The van der Waals surface area contributed by atoms with Crippen LogP contribution in [0.3, 0.4) is 0 Å². The fraction of sp³-hybridized carbons (Fsp3) is 0.667. The van der Waals surface area contributed by atoms with Gasteiger partial charge in [0.15, 0.2) is 0 Å². The first-order valence-electron chi connectivity index (χ1n) is 5.32. The second-order valence-corrected chi connectivity index (χ2v) is 5.03. The molecule has 78 valence electrons. The van der Waals surface area contributed by atoms with Crippen LogP contribution in [0.4, 0.5) is 0 Å². The Bertz CT molecular complexity index is 289. The van der Waals surface area contributed by atoms with Crippen LogP contribution in [0, 0.1) is 11.3 Å². The number of hydrogen-bond acceptors (Lipinski definition) is 2. The van der Waals surface area contributed by atoms with E-state index in [9.17, 15) is 0 Å². The van der Waals surface area contributed by atoms with Gasteiger partial charge in [0.05, 0.1) is 12.5 Å². The molecule has 0 saturated heterocycles. The second kappa shape index (κ2) is 3.43. The molecule has 14 heavy (non-hydrogen) atoms. The van der Waals surface area contributed by atoms with Crippen LogP contribution in [0.15, 0.2) is 23.0 Å². The second-order valence-electron chi connectivity index (χ2n) is 5.03. The fourth-order valence-corrected chi connectivity index (χ4v) is 2.30. The molecule has 1 heterocycles. The molecule has 0 radical (unpaired) electrons. The molecule has 0 spiro atoms. The third-order valence-electron chi connectivity index (χ3n) is 3.48. The molecule has 1 fully saturated rings. The average molecular weight is 193 g/mol. The molecule has 0 aromatic carbocycles. The summed E-state index contributed by atoms with van der Waals surface area (Å²) < 4.78 is 5.08. The molecule has 1 aliphatic carbocycles. The Kier molecular flexibility index (Phi) is 2.40. The van der Waals surface area contributed by atoms with Gasteiger partial charge in [0.25, 0.3) is 0 Å². The van der Waals surface area contributed by atoms with E-state index in [1.807, 2.05) is 6.26 Å². The van der Waals surface area contributed by atoms with Gasteiger partial charge < -0.3 is 9.73 Å². The van der Waals surface area contributed by atoms with Gasteiger partial charge in [-0.2, -0.15) is 0 Å². The van der Waals surface area contributed by atoms with Gasteiger partial charge in [-0.25, -0.2) is 0 Å². The minimum atomic E-state index is 0.539. The molecule has 2 unspecified atom stereocenters. The minimum Gasteiger partial charge on any atom is -0.472 e. The zero-order valence-electron chi connectivity index (χ0n) is 9.21. The van der Waals surface area contributed by atoms with Gasteiger partial charge in [-0.3, -0.25) is 0 Å². The van der Waals surface area contributed by atoms with Crippen molar-refractivity contribution in [2.75, 3.05) is 7.05 Å². The van der Waals surface area contributed by atoms with Crippen molar-refractivity contribution in [1.82, 2.24) is 5.32 Å². The van der Waals surface area contributed by atoms with Gasteiger partial charge in [0, 0.05) is 6.04 Å².